The third-order valence-corrected chi connectivity index (χ3v) is 8.13. The summed E-state index contributed by atoms with van der Waals surface area (Å²) in [5.41, 5.74) is 0.609. The van der Waals surface area contributed by atoms with Crippen LogP contribution in [0.5, 0.6) is 0 Å². The summed E-state index contributed by atoms with van der Waals surface area (Å²) >= 11 is 0. The molecule has 36 heavy (non-hydrogen) atoms. The zero-order chi connectivity index (χ0) is 27.0. The number of aromatic nitrogens is 1. The van der Waals surface area contributed by atoms with Gasteiger partial charge >= 0.3 is 0 Å². The highest BCUT2D eigenvalue weighted by Crippen LogP contribution is 2.26. The highest BCUT2D eigenvalue weighted by Gasteiger charge is 2.40. The van der Waals surface area contributed by atoms with Gasteiger partial charge in [-0.2, -0.15) is 0 Å². The van der Waals surface area contributed by atoms with Gasteiger partial charge in [0.2, 0.25) is 10.0 Å². The maximum Gasteiger partial charge on any atom is 0.294 e. The molecule has 3 N–H and O–H groups in total. The predicted molar refractivity (Wildman–Crippen MR) is 132 cm³/mol. The number of rotatable bonds is 7. The zero-order valence-corrected chi connectivity index (χ0v) is 21.8. The SMILES string of the molecule is Cc1cc(NC(=O)c2c(C)c(C(=O)C(=O)NC3(CO)CCN(S(C)(=O)=O)CC3)n(C)c2C)ccc1F. The number of amides is 2. The first-order valence-electron chi connectivity index (χ1n) is 11.4. The van der Waals surface area contributed by atoms with Crippen molar-refractivity contribution in [1.82, 2.24) is 14.2 Å². The number of hydrogen-bond acceptors (Lipinski definition) is 6. The number of aliphatic hydroxyl groups excluding tert-OH is 1. The summed E-state index contributed by atoms with van der Waals surface area (Å²) in [6, 6.07) is 4.16. The van der Waals surface area contributed by atoms with Crippen LogP contribution in [0.25, 0.3) is 0 Å². The van der Waals surface area contributed by atoms with E-state index in [9.17, 15) is 32.3 Å². The Morgan fingerprint density at radius 3 is 2.28 bits per heavy atom. The van der Waals surface area contributed by atoms with Crippen LogP contribution in [-0.4, -0.2) is 71.5 Å². The van der Waals surface area contributed by atoms with E-state index in [-0.39, 0.29) is 37.2 Å². The number of halogens is 1. The first-order chi connectivity index (χ1) is 16.7. The predicted octanol–water partition coefficient (Wildman–Crippen LogP) is 1.43. The Hall–Kier alpha value is -3.09. The summed E-state index contributed by atoms with van der Waals surface area (Å²) in [5, 5.41) is 15.3. The smallest absolute Gasteiger partial charge is 0.294 e. The quantitative estimate of drug-likeness (QED) is 0.372. The molecule has 1 aliphatic heterocycles. The molecule has 0 aliphatic carbocycles. The molecule has 0 saturated carbocycles. The molecule has 2 amide bonds. The number of Topliss-reactive ketones (excluding diaryl/α,β-unsaturated/α-hetero) is 1. The topological polar surface area (TPSA) is 138 Å². The molecule has 12 heteroatoms. The molecule has 2 aromatic rings. The van der Waals surface area contributed by atoms with Crippen molar-refractivity contribution >= 4 is 33.3 Å². The normalized spacial score (nSPS) is 16.0. The van der Waals surface area contributed by atoms with Gasteiger partial charge in [0, 0.05) is 31.5 Å². The number of nitrogens with one attached hydrogen (secondary N) is 2. The van der Waals surface area contributed by atoms with Gasteiger partial charge in [-0.1, -0.05) is 0 Å². The number of sulfonamides is 1. The summed E-state index contributed by atoms with van der Waals surface area (Å²) in [6.45, 7) is 4.52. The monoisotopic (exact) mass is 522 g/mol. The molecule has 1 aliphatic rings. The van der Waals surface area contributed by atoms with E-state index in [0.717, 1.165) is 6.26 Å². The lowest BCUT2D eigenvalue weighted by Crippen LogP contribution is -2.59. The van der Waals surface area contributed by atoms with Crippen molar-refractivity contribution in [2.45, 2.75) is 39.2 Å². The highest BCUT2D eigenvalue weighted by molar-refractivity contribution is 7.88. The van der Waals surface area contributed by atoms with Gasteiger partial charge in [-0.15, -0.1) is 0 Å². The van der Waals surface area contributed by atoms with Crippen LogP contribution in [0.3, 0.4) is 0 Å². The van der Waals surface area contributed by atoms with E-state index < -0.39 is 45.6 Å². The van der Waals surface area contributed by atoms with Crippen molar-refractivity contribution in [3.8, 4) is 0 Å². The number of aliphatic hydroxyl groups is 1. The number of anilines is 1. The third kappa shape index (κ3) is 5.35. The molecule has 0 atom stereocenters. The number of aryl methyl sites for hydroxylation is 1. The Labute approximate surface area is 209 Å². The number of nitrogens with zero attached hydrogens (tertiary/aromatic N) is 2. The molecule has 1 saturated heterocycles. The van der Waals surface area contributed by atoms with Crippen molar-refractivity contribution in [1.29, 1.82) is 0 Å². The fourth-order valence-electron chi connectivity index (χ4n) is 4.52. The van der Waals surface area contributed by atoms with Crippen LogP contribution in [-0.2, 0) is 21.9 Å². The van der Waals surface area contributed by atoms with Crippen LogP contribution in [0.2, 0.25) is 0 Å². The molecule has 10 nitrogen and oxygen atoms in total. The van der Waals surface area contributed by atoms with Crippen LogP contribution in [0.4, 0.5) is 10.1 Å². The Morgan fingerprint density at radius 1 is 1.14 bits per heavy atom. The Morgan fingerprint density at radius 2 is 1.75 bits per heavy atom. The van der Waals surface area contributed by atoms with Gasteiger partial charge in [-0.25, -0.2) is 17.1 Å². The van der Waals surface area contributed by atoms with E-state index in [1.165, 1.54) is 27.1 Å². The van der Waals surface area contributed by atoms with E-state index in [1.807, 2.05) is 0 Å². The minimum absolute atomic E-state index is 0.0205. The Bertz CT molecular complexity index is 1330. The molecule has 0 radical (unpaired) electrons. The summed E-state index contributed by atoms with van der Waals surface area (Å²) in [4.78, 5) is 39.2. The summed E-state index contributed by atoms with van der Waals surface area (Å²) in [7, 11) is -1.84. The molecule has 196 valence electrons. The number of hydrogen-bond donors (Lipinski definition) is 3. The fourth-order valence-corrected chi connectivity index (χ4v) is 5.37. The second kappa shape index (κ2) is 10.1. The molecule has 1 aromatic heterocycles. The molecular formula is C24H31FN4O6S. The maximum absolute atomic E-state index is 13.6. The molecule has 0 spiro atoms. The average Bonchev–Trinajstić information content (AvgIpc) is 3.03. The molecule has 1 fully saturated rings. The fraction of sp³-hybridized carbons (Fsp3) is 0.458. The molecule has 0 unspecified atom stereocenters. The van der Waals surface area contributed by atoms with Gasteiger partial charge in [0.1, 0.15) is 5.82 Å². The maximum atomic E-state index is 13.6. The van der Waals surface area contributed by atoms with Crippen LogP contribution in [0.1, 0.15) is 50.5 Å². The summed E-state index contributed by atoms with van der Waals surface area (Å²) in [6.07, 6.45) is 1.38. The number of ketones is 1. The number of benzene rings is 1. The average molecular weight is 523 g/mol. The minimum Gasteiger partial charge on any atom is -0.394 e. The first kappa shape index (κ1) is 27.5. The standard InChI is InChI=1S/C24H31FN4O6S/c1-14-12-17(6-7-18(14)25)26-22(32)19-15(2)20(28(4)16(19)3)21(31)23(33)27-24(13-30)8-10-29(11-9-24)36(5,34)35/h6-7,12,30H,8-11,13H2,1-5H3,(H,26,32)(H,27,33). The van der Waals surface area contributed by atoms with Crippen molar-refractivity contribution in [3.63, 3.8) is 0 Å². The van der Waals surface area contributed by atoms with Gasteiger partial charge < -0.3 is 20.3 Å². The van der Waals surface area contributed by atoms with Crippen LogP contribution in [0, 0.1) is 26.6 Å². The number of carbonyl (C=O) groups is 3. The van der Waals surface area contributed by atoms with E-state index >= 15 is 0 Å². The van der Waals surface area contributed by atoms with Gasteiger partial charge in [0.15, 0.2) is 0 Å². The number of carbonyl (C=O) groups excluding carboxylic acids is 3. The van der Waals surface area contributed by atoms with Crippen molar-refractivity contribution in [2.75, 3.05) is 31.3 Å². The van der Waals surface area contributed by atoms with Gasteiger partial charge in [0.25, 0.3) is 17.6 Å². The van der Waals surface area contributed by atoms with E-state index in [2.05, 4.69) is 10.6 Å². The van der Waals surface area contributed by atoms with Crippen molar-refractivity contribution < 1.29 is 32.3 Å². The molecule has 2 heterocycles. The van der Waals surface area contributed by atoms with E-state index in [1.54, 1.807) is 27.8 Å². The van der Waals surface area contributed by atoms with Gasteiger partial charge in [0.05, 0.1) is 29.7 Å². The first-order valence-corrected chi connectivity index (χ1v) is 13.2. The van der Waals surface area contributed by atoms with Gasteiger partial charge in [-0.3, -0.25) is 14.4 Å². The lowest BCUT2D eigenvalue weighted by atomic mass is 9.89. The van der Waals surface area contributed by atoms with Crippen molar-refractivity contribution in [2.24, 2.45) is 7.05 Å². The van der Waals surface area contributed by atoms with Crippen molar-refractivity contribution in [3.05, 3.63) is 52.1 Å². The number of piperidine rings is 1. The van der Waals surface area contributed by atoms with E-state index in [0.29, 0.717) is 22.5 Å². The second-order valence-corrected chi connectivity index (χ2v) is 11.3. The summed E-state index contributed by atoms with van der Waals surface area (Å²) < 4.78 is 39.8. The van der Waals surface area contributed by atoms with Gasteiger partial charge in [-0.05, 0) is 62.9 Å². The molecule has 1 aromatic carbocycles. The molecule has 3 rings (SSSR count). The third-order valence-electron chi connectivity index (χ3n) is 6.82. The van der Waals surface area contributed by atoms with Crippen LogP contribution < -0.4 is 10.6 Å². The largest absolute Gasteiger partial charge is 0.394 e. The van der Waals surface area contributed by atoms with Crippen LogP contribution in [0.15, 0.2) is 18.2 Å². The lowest BCUT2D eigenvalue weighted by Gasteiger charge is -2.40. The minimum atomic E-state index is -3.41. The van der Waals surface area contributed by atoms with Crippen LogP contribution >= 0.6 is 0 Å². The molecule has 0 bridgehead atoms. The summed E-state index contributed by atoms with van der Waals surface area (Å²) in [5.74, 6) is -2.75. The second-order valence-electron chi connectivity index (χ2n) is 9.29. The Kier molecular flexibility index (Phi) is 7.72. The lowest BCUT2D eigenvalue weighted by molar-refractivity contribution is -0.120. The highest BCUT2D eigenvalue weighted by atomic mass is 32.2. The Balaban J connectivity index is 1.82. The van der Waals surface area contributed by atoms with E-state index in [4.69, 9.17) is 0 Å². The molecular weight excluding hydrogens is 491 g/mol. The zero-order valence-electron chi connectivity index (χ0n) is 20.9.